The van der Waals surface area contributed by atoms with Crippen LogP contribution in [0.15, 0.2) is 73.3 Å². The lowest BCUT2D eigenvalue weighted by Crippen LogP contribution is -1.94. The van der Waals surface area contributed by atoms with E-state index in [0.29, 0.717) is 0 Å². The molecule has 1 nitrogen and oxygen atoms in total. The Labute approximate surface area is 160 Å². The summed E-state index contributed by atoms with van der Waals surface area (Å²) in [5.74, 6) is 0.869. The minimum Gasteiger partial charge on any atom is -0.309 e. The van der Waals surface area contributed by atoms with Crippen LogP contribution in [0.5, 0.6) is 0 Å². The molecule has 0 N–H and O–H groups in total. The third kappa shape index (κ3) is 2.95. The number of rotatable bonds is 5. The van der Waals surface area contributed by atoms with Crippen LogP contribution in [-0.4, -0.2) is 10.3 Å². The monoisotopic (exact) mass is 357 g/mol. The van der Waals surface area contributed by atoms with E-state index in [1.54, 1.807) is 0 Å². The zero-order chi connectivity index (χ0) is 18.1. The molecule has 0 saturated carbocycles. The molecule has 26 heavy (non-hydrogen) atoms. The number of hydrogen-bond donors (Lipinski definition) is 1. The van der Waals surface area contributed by atoms with Crippen LogP contribution in [0.2, 0.25) is 0 Å². The minimum absolute atomic E-state index is 0.869. The zero-order valence-electron chi connectivity index (χ0n) is 15.1. The number of aromatic nitrogens is 1. The molecule has 0 atom stereocenters. The van der Waals surface area contributed by atoms with Gasteiger partial charge in [-0.25, -0.2) is 0 Å². The smallest absolute Gasteiger partial charge is 0.0541 e. The van der Waals surface area contributed by atoms with Crippen molar-refractivity contribution in [1.82, 2.24) is 4.57 Å². The fourth-order valence-corrected chi connectivity index (χ4v) is 3.95. The van der Waals surface area contributed by atoms with Crippen molar-refractivity contribution in [2.75, 3.05) is 5.75 Å². The summed E-state index contributed by atoms with van der Waals surface area (Å²) in [6.45, 7) is 5.99. The van der Waals surface area contributed by atoms with Crippen LogP contribution in [-0.2, 0) is 12.8 Å². The van der Waals surface area contributed by atoms with Crippen molar-refractivity contribution < 1.29 is 0 Å². The summed E-state index contributed by atoms with van der Waals surface area (Å²) in [5.41, 5.74) is 7.63. The van der Waals surface area contributed by atoms with Gasteiger partial charge in [0, 0.05) is 16.5 Å². The summed E-state index contributed by atoms with van der Waals surface area (Å²) < 4.78 is 2.37. The molecule has 0 bridgehead atoms. The van der Waals surface area contributed by atoms with E-state index in [2.05, 4.69) is 91.4 Å². The maximum atomic E-state index is 4.39. The summed E-state index contributed by atoms with van der Waals surface area (Å²) in [6, 6.07) is 22.3. The predicted octanol–water partition coefficient (Wildman–Crippen LogP) is 6.29. The molecule has 130 valence electrons. The van der Waals surface area contributed by atoms with Gasteiger partial charge in [0.25, 0.3) is 0 Å². The molecule has 0 aliphatic heterocycles. The van der Waals surface area contributed by atoms with Crippen molar-refractivity contribution in [3.05, 3.63) is 90.0 Å². The highest BCUT2D eigenvalue weighted by Crippen LogP contribution is 2.33. The molecule has 0 radical (unpaired) electrons. The number of benzene rings is 3. The number of allylic oxidation sites excluding steroid dienone is 1. The molecule has 1 aromatic heterocycles. The lowest BCUT2D eigenvalue weighted by molar-refractivity contribution is 1.15. The molecule has 1 heterocycles. The van der Waals surface area contributed by atoms with Gasteiger partial charge in [-0.05, 0) is 73.0 Å². The van der Waals surface area contributed by atoms with Crippen molar-refractivity contribution in [2.24, 2.45) is 0 Å². The first kappa shape index (κ1) is 17.0. The van der Waals surface area contributed by atoms with Gasteiger partial charge in [0.05, 0.1) is 11.0 Å². The van der Waals surface area contributed by atoms with Gasteiger partial charge in [0.1, 0.15) is 0 Å². The highest BCUT2D eigenvalue weighted by molar-refractivity contribution is 7.80. The molecule has 4 rings (SSSR count). The lowest BCUT2D eigenvalue weighted by atomic mass is 10.1. The Morgan fingerprint density at radius 1 is 0.885 bits per heavy atom. The van der Waals surface area contributed by atoms with E-state index in [9.17, 15) is 0 Å². The Balaban J connectivity index is 1.98. The van der Waals surface area contributed by atoms with E-state index in [1.807, 2.05) is 6.08 Å². The van der Waals surface area contributed by atoms with E-state index in [-0.39, 0.29) is 0 Å². The summed E-state index contributed by atoms with van der Waals surface area (Å²) in [5, 5.41) is 2.63. The highest BCUT2D eigenvalue weighted by Gasteiger charge is 2.13. The topological polar surface area (TPSA) is 4.93 Å². The molecule has 0 unspecified atom stereocenters. The second-order valence-corrected chi connectivity index (χ2v) is 7.29. The van der Waals surface area contributed by atoms with Crippen molar-refractivity contribution in [3.8, 4) is 5.69 Å². The molecule has 4 aromatic rings. The quantitative estimate of drug-likeness (QED) is 0.316. The van der Waals surface area contributed by atoms with Gasteiger partial charge in [0.2, 0.25) is 0 Å². The van der Waals surface area contributed by atoms with Gasteiger partial charge < -0.3 is 4.57 Å². The minimum atomic E-state index is 0.869. The molecule has 0 aliphatic carbocycles. The van der Waals surface area contributed by atoms with E-state index >= 15 is 0 Å². The predicted molar refractivity (Wildman–Crippen MR) is 117 cm³/mol. The zero-order valence-corrected chi connectivity index (χ0v) is 16.0. The third-order valence-corrected chi connectivity index (χ3v) is 5.18. The van der Waals surface area contributed by atoms with Crippen LogP contribution < -0.4 is 0 Å². The van der Waals surface area contributed by atoms with Crippen LogP contribution in [0.1, 0.15) is 16.7 Å². The van der Waals surface area contributed by atoms with Crippen LogP contribution in [0.4, 0.5) is 0 Å². The van der Waals surface area contributed by atoms with Crippen LogP contribution in [0, 0.1) is 6.92 Å². The Morgan fingerprint density at radius 3 is 2.23 bits per heavy atom. The SMILES string of the molecule is C=CCc1ccc(-n2c3ccc(C)cc3c3cc(CCS)ccc32)cc1. The number of thiol groups is 1. The first-order chi connectivity index (χ1) is 12.7. The Hall–Kier alpha value is -2.45. The molecule has 0 amide bonds. The summed E-state index contributed by atoms with van der Waals surface area (Å²) >= 11 is 4.39. The van der Waals surface area contributed by atoms with Gasteiger partial charge in [-0.15, -0.1) is 6.58 Å². The molecule has 0 aliphatic rings. The van der Waals surface area contributed by atoms with E-state index < -0.39 is 0 Å². The van der Waals surface area contributed by atoms with Crippen molar-refractivity contribution in [2.45, 2.75) is 19.8 Å². The third-order valence-electron chi connectivity index (χ3n) is 4.96. The van der Waals surface area contributed by atoms with Crippen LogP contribution in [0.25, 0.3) is 27.5 Å². The van der Waals surface area contributed by atoms with E-state index in [1.165, 1.54) is 44.2 Å². The second-order valence-electron chi connectivity index (χ2n) is 6.84. The van der Waals surface area contributed by atoms with Gasteiger partial charge >= 0.3 is 0 Å². The lowest BCUT2D eigenvalue weighted by Gasteiger charge is -2.09. The molecular formula is C24H23NS. The van der Waals surface area contributed by atoms with Crippen molar-refractivity contribution >= 4 is 34.4 Å². The highest BCUT2D eigenvalue weighted by atomic mass is 32.1. The van der Waals surface area contributed by atoms with Crippen molar-refractivity contribution in [3.63, 3.8) is 0 Å². The summed E-state index contributed by atoms with van der Waals surface area (Å²) in [6.07, 6.45) is 3.84. The first-order valence-corrected chi connectivity index (χ1v) is 9.69. The number of aryl methyl sites for hydroxylation is 2. The fourth-order valence-electron chi connectivity index (χ4n) is 3.69. The van der Waals surface area contributed by atoms with E-state index in [4.69, 9.17) is 0 Å². The maximum Gasteiger partial charge on any atom is 0.0541 e. The average molecular weight is 358 g/mol. The molecule has 3 aromatic carbocycles. The normalized spacial score (nSPS) is 11.3. The fraction of sp³-hybridized carbons (Fsp3) is 0.167. The van der Waals surface area contributed by atoms with Gasteiger partial charge in [-0.2, -0.15) is 12.6 Å². The standard InChI is InChI=1S/C24H23NS/c1-3-4-18-6-9-20(10-7-18)25-23-11-5-17(2)15-21(23)22-16-19(13-14-26)8-12-24(22)25/h3,5-12,15-16,26H,1,4,13-14H2,2H3. The number of fused-ring (bicyclic) bond motifs is 3. The molecule has 0 saturated heterocycles. The summed E-state index contributed by atoms with van der Waals surface area (Å²) in [7, 11) is 0. The number of nitrogens with zero attached hydrogens (tertiary/aromatic N) is 1. The Bertz CT molecular complexity index is 1090. The van der Waals surface area contributed by atoms with Crippen LogP contribution >= 0.6 is 12.6 Å². The molecule has 2 heteroatoms. The Morgan fingerprint density at radius 2 is 1.54 bits per heavy atom. The largest absolute Gasteiger partial charge is 0.309 e. The maximum absolute atomic E-state index is 4.39. The van der Waals surface area contributed by atoms with E-state index in [0.717, 1.165) is 18.6 Å². The molecule has 0 fully saturated rings. The first-order valence-electron chi connectivity index (χ1n) is 9.06. The van der Waals surface area contributed by atoms with Gasteiger partial charge in [-0.1, -0.05) is 35.9 Å². The molecule has 0 spiro atoms. The van der Waals surface area contributed by atoms with Gasteiger partial charge in [0.15, 0.2) is 0 Å². The Kier molecular flexibility index (Phi) is 4.60. The second kappa shape index (κ2) is 7.05. The van der Waals surface area contributed by atoms with Gasteiger partial charge in [-0.3, -0.25) is 0 Å². The average Bonchev–Trinajstić information content (AvgIpc) is 2.96. The number of hydrogen-bond acceptors (Lipinski definition) is 1. The van der Waals surface area contributed by atoms with Crippen LogP contribution in [0.3, 0.4) is 0 Å². The molecular weight excluding hydrogens is 334 g/mol. The van der Waals surface area contributed by atoms with Crippen molar-refractivity contribution in [1.29, 1.82) is 0 Å². The summed E-state index contributed by atoms with van der Waals surface area (Å²) in [4.78, 5) is 0.